The Morgan fingerprint density at radius 1 is 0.264 bits per heavy atom. The fraction of sp³-hybridized carbons (Fsp3) is 0.793. The summed E-state index contributed by atoms with van der Waals surface area (Å²) in [5, 5.41) is 2.48. The van der Waals surface area contributed by atoms with Gasteiger partial charge in [-0.15, -0.1) is 0 Å². The number of unbranched alkanes of at least 4 members (excludes halogenated alkanes) is 15. The van der Waals surface area contributed by atoms with Crippen LogP contribution in [0.2, 0.25) is 5.04 Å². The Morgan fingerprint density at radius 3 is 0.708 bits per heavy atom. The average Bonchev–Trinajstić information content (AvgIpc) is 3.39. The zero-order valence-electron chi connectivity index (χ0n) is 46.1. The van der Waals surface area contributed by atoms with Gasteiger partial charge in [-0.3, -0.25) is 0 Å². The van der Waals surface area contributed by atoms with Crippen molar-refractivity contribution in [2.75, 3.05) is 165 Å². The molecule has 0 aliphatic heterocycles. The highest BCUT2D eigenvalue weighted by Crippen LogP contribution is 2.36. The molecule has 2 aromatic carbocycles. The molecule has 0 saturated heterocycles. The third-order valence-electron chi connectivity index (χ3n) is 12.2. The zero-order chi connectivity index (χ0) is 51.4. The molecular formula is C58H104O13Si. The van der Waals surface area contributed by atoms with Crippen LogP contribution >= 0.6 is 0 Å². The predicted molar refractivity (Wildman–Crippen MR) is 293 cm³/mol. The summed E-state index contributed by atoms with van der Waals surface area (Å²) < 4.78 is 74.3. The Labute approximate surface area is 439 Å². The van der Waals surface area contributed by atoms with Crippen LogP contribution in [0.5, 0.6) is 0 Å². The quantitative estimate of drug-likeness (QED) is 0.0462. The van der Waals surface area contributed by atoms with Crippen molar-refractivity contribution in [1.29, 1.82) is 0 Å². The molecule has 0 bridgehead atoms. The van der Waals surface area contributed by atoms with Gasteiger partial charge in [0, 0.05) is 6.61 Å². The fourth-order valence-electron chi connectivity index (χ4n) is 8.29. The van der Waals surface area contributed by atoms with E-state index in [0.29, 0.717) is 159 Å². The van der Waals surface area contributed by atoms with Crippen LogP contribution < -0.4 is 10.4 Å². The van der Waals surface area contributed by atoms with Gasteiger partial charge in [0.25, 0.3) is 8.32 Å². The van der Waals surface area contributed by atoms with E-state index in [1.165, 1.54) is 107 Å². The Hall–Kier alpha value is -1.86. The maximum atomic E-state index is 6.87. The molecule has 14 heteroatoms. The molecule has 0 saturated carbocycles. The van der Waals surface area contributed by atoms with E-state index in [0.717, 1.165) is 13.0 Å². The first-order valence-corrected chi connectivity index (χ1v) is 30.1. The standard InChI is InChI=1S/C58H104O13Si/c1-5-6-7-8-9-10-11-12-13-14-15-16-17-18-19-26-31-59-32-33-60-34-35-61-36-37-62-38-39-63-40-41-64-42-43-65-44-45-66-46-47-67-48-49-68-50-51-69-52-53-70-54-55-71-72(58(2,3)4,56-27-22-20-23-28-56)57-29-24-21-25-30-57/h20-25,27-30H,5-19,26,31-55H2,1-4H3. The summed E-state index contributed by atoms with van der Waals surface area (Å²) in [7, 11) is -2.55. The number of hydrogen-bond acceptors (Lipinski definition) is 13. The van der Waals surface area contributed by atoms with E-state index in [1.807, 2.05) is 0 Å². The minimum Gasteiger partial charge on any atom is -0.405 e. The fourth-order valence-corrected chi connectivity index (χ4v) is 12.8. The van der Waals surface area contributed by atoms with E-state index in [2.05, 4.69) is 88.4 Å². The van der Waals surface area contributed by atoms with Crippen molar-refractivity contribution in [2.45, 2.75) is 135 Å². The Balaban J connectivity index is 1.19. The molecule has 2 aromatic rings. The van der Waals surface area contributed by atoms with Crippen LogP contribution in [-0.2, 0) is 61.3 Å². The SMILES string of the molecule is CCCCCCCCCCCCCCCCCCOCCOCCOCCOCCOCCOCCOCCOCCOCCOCCOCCOCCO[Si](c1ccccc1)(c1ccccc1)C(C)(C)C. The molecule has 0 atom stereocenters. The minimum atomic E-state index is -2.55. The summed E-state index contributed by atoms with van der Waals surface area (Å²) in [6.45, 7) is 22.6. The van der Waals surface area contributed by atoms with E-state index < -0.39 is 8.32 Å². The van der Waals surface area contributed by atoms with Crippen molar-refractivity contribution in [2.24, 2.45) is 0 Å². The highest BCUT2D eigenvalue weighted by Gasteiger charge is 2.50. The summed E-state index contributed by atoms with van der Waals surface area (Å²) in [6, 6.07) is 21.3. The normalized spacial score (nSPS) is 12.1. The maximum Gasteiger partial charge on any atom is 0.261 e. The first-order chi connectivity index (χ1) is 35.5. The topological polar surface area (TPSA) is 120 Å². The van der Waals surface area contributed by atoms with Crippen LogP contribution in [-0.4, -0.2) is 173 Å². The Kier molecular flexibility index (Phi) is 46.0. The molecule has 0 amide bonds. The van der Waals surface area contributed by atoms with Gasteiger partial charge in [-0.05, 0) is 21.8 Å². The number of ether oxygens (including phenoxy) is 12. The predicted octanol–water partition coefficient (Wildman–Crippen LogP) is 10.0. The summed E-state index contributed by atoms with van der Waals surface area (Å²) in [5.41, 5.74) is 0. The third kappa shape index (κ3) is 37.0. The molecule has 0 heterocycles. The number of benzene rings is 2. The maximum absolute atomic E-state index is 6.87. The van der Waals surface area contributed by atoms with Gasteiger partial charge in [-0.25, -0.2) is 0 Å². The molecule has 0 radical (unpaired) electrons. The summed E-state index contributed by atoms with van der Waals surface area (Å²) in [5.74, 6) is 0. The lowest BCUT2D eigenvalue weighted by molar-refractivity contribution is -0.0285. The number of hydrogen-bond donors (Lipinski definition) is 0. The Morgan fingerprint density at radius 2 is 0.472 bits per heavy atom. The molecule has 418 valence electrons. The average molecular weight is 1040 g/mol. The van der Waals surface area contributed by atoms with E-state index in [9.17, 15) is 0 Å². The lowest BCUT2D eigenvalue weighted by Gasteiger charge is -2.43. The molecule has 0 N–H and O–H groups in total. The molecule has 72 heavy (non-hydrogen) atoms. The highest BCUT2D eigenvalue weighted by atomic mass is 28.4. The van der Waals surface area contributed by atoms with Gasteiger partial charge in [0.2, 0.25) is 0 Å². The van der Waals surface area contributed by atoms with Crippen LogP contribution in [0, 0.1) is 0 Å². The smallest absolute Gasteiger partial charge is 0.261 e. The first-order valence-electron chi connectivity index (χ1n) is 28.2. The highest BCUT2D eigenvalue weighted by molar-refractivity contribution is 6.99. The van der Waals surface area contributed by atoms with Gasteiger partial charge in [0.15, 0.2) is 0 Å². The van der Waals surface area contributed by atoms with Crippen molar-refractivity contribution in [1.82, 2.24) is 0 Å². The molecule has 0 spiro atoms. The van der Waals surface area contributed by atoms with Crippen molar-refractivity contribution < 1.29 is 61.3 Å². The summed E-state index contributed by atoms with van der Waals surface area (Å²) >= 11 is 0. The minimum absolute atomic E-state index is 0.0590. The molecule has 13 nitrogen and oxygen atoms in total. The van der Waals surface area contributed by atoms with Gasteiger partial charge in [0.05, 0.1) is 159 Å². The van der Waals surface area contributed by atoms with Crippen LogP contribution in [0.15, 0.2) is 60.7 Å². The van der Waals surface area contributed by atoms with Gasteiger partial charge in [0.1, 0.15) is 0 Å². The second-order valence-electron chi connectivity index (χ2n) is 19.2. The van der Waals surface area contributed by atoms with Gasteiger partial charge in [-0.2, -0.15) is 0 Å². The van der Waals surface area contributed by atoms with Gasteiger partial charge < -0.3 is 61.3 Å². The van der Waals surface area contributed by atoms with Crippen molar-refractivity contribution in [3.63, 3.8) is 0 Å². The van der Waals surface area contributed by atoms with Crippen LogP contribution in [0.4, 0.5) is 0 Å². The van der Waals surface area contributed by atoms with E-state index in [4.69, 9.17) is 61.3 Å². The molecule has 0 aliphatic carbocycles. The lowest BCUT2D eigenvalue weighted by atomic mass is 10.0. The molecule has 0 aliphatic rings. The molecule has 2 rings (SSSR count). The van der Waals surface area contributed by atoms with E-state index >= 15 is 0 Å². The van der Waals surface area contributed by atoms with Crippen LogP contribution in [0.25, 0.3) is 0 Å². The molecule has 0 aromatic heterocycles. The second-order valence-corrected chi connectivity index (χ2v) is 23.5. The van der Waals surface area contributed by atoms with Crippen molar-refractivity contribution in [3.05, 3.63) is 60.7 Å². The summed E-state index contributed by atoms with van der Waals surface area (Å²) in [4.78, 5) is 0. The van der Waals surface area contributed by atoms with Crippen LogP contribution in [0.3, 0.4) is 0 Å². The zero-order valence-corrected chi connectivity index (χ0v) is 47.1. The van der Waals surface area contributed by atoms with Crippen LogP contribution in [0.1, 0.15) is 130 Å². The van der Waals surface area contributed by atoms with Gasteiger partial charge in [-0.1, -0.05) is 185 Å². The van der Waals surface area contributed by atoms with Crippen molar-refractivity contribution in [3.8, 4) is 0 Å². The molecule has 0 fully saturated rings. The van der Waals surface area contributed by atoms with Gasteiger partial charge >= 0.3 is 0 Å². The third-order valence-corrected chi connectivity index (χ3v) is 17.2. The first kappa shape index (κ1) is 66.2. The van der Waals surface area contributed by atoms with E-state index in [-0.39, 0.29) is 5.04 Å². The lowest BCUT2D eigenvalue weighted by Crippen LogP contribution is -2.66. The second kappa shape index (κ2) is 50.0. The van der Waals surface area contributed by atoms with E-state index in [1.54, 1.807) is 0 Å². The largest absolute Gasteiger partial charge is 0.405 e. The summed E-state index contributed by atoms with van der Waals surface area (Å²) in [6.07, 6.45) is 22.2. The Bertz CT molecular complexity index is 1330. The number of rotatable bonds is 56. The monoisotopic (exact) mass is 1040 g/mol. The molecule has 0 unspecified atom stereocenters. The molecular weight excluding hydrogens is 933 g/mol. The van der Waals surface area contributed by atoms with Crippen molar-refractivity contribution >= 4 is 18.7 Å².